The second-order valence-corrected chi connectivity index (χ2v) is 9.20. The fourth-order valence-corrected chi connectivity index (χ4v) is 6.31. The summed E-state index contributed by atoms with van der Waals surface area (Å²) in [6.45, 7) is 2.14. The summed E-state index contributed by atoms with van der Waals surface area (Å²) in [5.41, 5.74) is 0.964. The molecule has 4 rings (SSSR count). The molecule has 3 aliphatic rings. The highest BCUT2D eigenvalue weighted by Gasteiger charge is 2.61. The molecule has 0 saturated heterocycles. The predicted octanol–water partition coefficient (Wildman–Crippen LogP) is 3.50. The molecule has 0 amide bonds. The van der Waals surface area contributed by atoms with Gasteiger partial charge in [-0.2, -0.15) is 8.42 Å². The first-order valence-corrected chi connectivity index (χ1v) is 10.4. The van der Waals surface area contributed by atoms with Crippen LogP contribution < -0.4 is 4.18 Å². The Morgan fingerprint density at radius 2 is 2.08 bits per heavy atom. The summed E-state index contributed by atoms with van der Waals surface area (Å²) in [4.78, 5) is 0. The van der Waals surface area contributed by atoms with Gasteiger partial charge in [-0.3, -0.25) is 0 Å². The van der Waals surface area contributed by atoms with Crippen molar-refractivity contribution in [1.29, 1.82) is 0 Å². The minimum Gasteiger partial charge on any atom is -0.377 e. The van der Waals surface area contributed by atoms with Crippen molar-refractivity contribution in [3.05, 3.63) is 29.3 Å². The van der Waals surface area contributed by atoms with Crippen molar-refractivity contribution >= 4 is 10.5 Å². The van der Waals surface area contributed by atoms with E-state index in [1.807, 2.05) is 6.07 Å². The molecular formula is C20H23FO4S. The van der Waals surface area contributed by atoms with E-state index in [9.17, 15) is 17.4 Å². The molecule has 6 heteroatoms. The number of hydrogen-bond donors (Lipinski definition) is 1. The molecule has 5 atom stereocenters. The van der Waals surface area contributed by atoms with E-state index in [2.05, 4.69) is 17.0 Å². The second-order valence-electron chi connectivity index (χ2n) is 8.25. The van der Waals surface area contributed by atoms with Gasteiger partial charge in [-0.1, -0.05) is 22.8 Å². The third kappa shape index (κ3) is 2.56. The zero-order valence-electron chi connectivity index (χ0n) is 14.7. The third-order valence-electron chi connectivity index (χ3n) is 7.28. The van der Waals surface area contributed by atoms with Crippen molar-refractivity contribution in [2.24, 2.45) is 17.3 Å². The monoisotopic (exact) mass is 377 g/mol. The Kier molecular flexibility index (Phi) is 3.91. The van der Waals surface area contributed by atoms with E-state index in [4.69, 9.17) is 6.42 Å². The van der Waals surface area contributed by atoms with Gasteiger partial charge >= 0.3 is 10.5 Å². The summed E-state index contributed by atoms with van der Waals surface area (Å²) in [5, 5.41) is 10.9. The van der Waals surface area contributed by atoms with Gasteiger partial charge in [0.25, 0.3) is 0 Å². The predicted molar refractivity (Wildman–Crippen MR) is 95.5 cm³/mol. The van der Waals surface area contributed by atoms with E-state index >= 15 is 0 Å². The van der Waals surface area contributed by atoms with Crippen LogP contribution in [0.25, 0.3) is 0 Å². The SMILES string of the molecule is C#C[C@]1(O)CC[C@H]2[C@@H]3CCc4cc(OS(=O)(=O)[18F])ccc4[C@H]3CC[C@@]21C. The Morgan fingerprint density at radius 3 is 2.77 bits per heavy atom. The lowest BCUT2D eigenvalue weighted by Crippen LogP contribution is -2.50. The van der Waals surface area contributed by atoms with Crippen molar-refractivity contribution in [3.63, 3.8) is 0 Å². The van der Waals surface area contributed by atoms with Crippen molar-refractivity contribution in [1.82, 2.24) is 0 Å². The molecule has 4 nitrogen and oxygen atoms in total. The van der Waals surface area contributed by atoms with Crippen LogP contribution in [0, 0.1) is 29.6 Å². The van der Waals surface area contributed by atoms with E-state index in [0.29, 0.717) is 24.2 Å². The molecule has 0 unspecified atom stereocenters. The van der Waals surface area contributed by atoms with E-state index in [0.717, 1.165) is 37.7 Å². The van der Waals surface area contributed by atoms with Gasteiger partial charge in [0.1, 0.15) is 11.4 Å². The van der Waals surface area contributed by atoms with Crippen LogP contribution in [0.5, 0.6) is 5.75 Å². The second kappa shape index (κ2) is 5.71. The molecule has 2 saturated carbocycles. The highest BCUT2D eigenvalue weighted by molar-refractivity contribution is 7.81. The number of halogens is 1. The van der Waals surface area contributed by atoms with Gasteiger partial charge in [-0.15, -0.1) is 6.42 Å². The number of terminal acetylenes is 1. The summed E-state index contributed by atoms with van der Waals surface area (Å²) in [6, 6.07) is 5.04. The Bertz CT molecular complexity index is 890. The van der Waals surface area contributed by atoms with Crippen LogP contribution in [0.4, 0.5) is 3.89 Å². The van der Waals surface area contributed by atoms with Gasteiger partial charge in [-0.05, 0) is 79.5 Å². The Morgan fingerprint density at radius 1 is 1.31 bits per heavy atom. The molecule has 0 spiro atoms. The molecular weight excluding hydrogens is 354 g/mol. The topological polar surface area (TPSA) is 63.6 Å². The normalized spacial score (nSPS) is 38.6. The Hall–Kier alpha value is -1.58. The summed E-state index contributed by atoms with van der Waals surface area (Å²) in [6.07, 6.45) is 10.8. The summed E-state index contributed by atoms with van der Waals surface area (Å²) < 4.78 is 38.6. The maximum atomic E-state index is 12.8. The van der Waals surface area contributed by atoms with Gasteiger partial charge in [0, 0.05) is 5.41 Å². The smallest absolute Gasteiger partial charge is 0.377 e. The third-order valence-corrected chi connectivity index (χ3v) is 7.68. The van der Waals surface area contributed by atoms with E-state index in [1.165, 1.54) is 11.6 Å². The largest absolute Gasteiger partial charge is 0.488 e. The van der Waals surface area contributed by atoms with Gasteiger partial charge in [0.15, 0.2) is 0 Å². The molecule has 26 heavy (non-hydrogen) atoms. The van der Waals surface area contributed by atoms with Crippen LogP contribution in [0.2, 0.25) is 0 Å². The Balaban J connectivity index is 1.65. The van der Waals surface area contributed by atoms with Crippen LogP contribution in [0.15, 0.2) is 18.2 Å². The minimum atomic E-state index is -5.01. The van der Waals surface area contributed by atoms with E-state index in [-0.39, 0.29) is 11.2 Å². The standard InChI is InChI=1S/C20H23FO4S/c1-3-20(22)11-9-18-17-6-4-13-12-14(25-26(21,23)24)5-7-15(13)16(17)8-10-19(18,20)2/h1,5,7,12,16-18,22H,4,6,8-11H2,2H3/t16-,17-,18+,19+,20+/m1/s1/i21-1. The van der Waals surface area contributed by atoms with Crippen molar-refractivity contribution in [2.75, 3.05) is 0 Å². The maximum Gasteiger partial charge on any atom is 0.488 e. The summed E-state index contributed by atoms with van der Waals surface area (Å²) in [7, 11) is -5.01. The lowest BCUT2D eigenvalue weighted by atomic mass is 9.53. The molecule has 1 aromatic carbocycles. The zero-order valence-corrected chi connectivity index (χ0v) is 15.6. The van der Waals surface area contributed by atoms with Crippen molar-refractivity contribution in [2.45, 2.75) is 57.0 Å². The molecule has 0 radical (unpaired) electrons. The Labute approximate surface area is 154 Å². The van der Waals surface area contributed by atoms with E-state index < -0.39 is 16.1 Å². The van der Waals surface area contributed by atoms with Crippen LogP contribution in [0.1, 0.15) is 56.1 Å². The van der Waals surface area contributed by atoms with Crippen LogP contribution in [-0.4, -0.2) is 19.1 Å². The quantitative estimate of drug-likeness (QED) is 0.633. The fraction of sp³-hybridized carbons (Fsp3) is 0.600. The molecule has 1 aromatic rings. The molecule has 0 aliphatic heterocycles. The highest BCUT2D eigenvalue weighted by Crippen LogP contribution is 2.64. The van der Waals surface area contributed by atoms with E-state index in [1.54, 1.807) is 6.07 Å². The first-order valence-electron chi connectivity index (χ1n) is 9.14. The summed E-state index contributed by atoms with van der Waals surface area (Å²) in [5.74, 6) is 3.91. The number of rotatable bonds is 2. The molecule has 3 aliphatic carbocycles. The van der Waals surface area contributed by atoms with Crippen molar-refractivity contribution < 1.29 is 21.6 Å². The molecule has 2 fully saturated rings. The fourth-order valence-electron chi connectivity index (χ4n) is 5.98. The van der Waals surface area contributed by atoms with Crippen LogP contribution >= 0.6 is 0 Å². The number of benzene rings is 1. The lowest BCUT2D eigenvalue weighted by Gasteiger charge is -2.52. The lowest BCUT2D eigenvalue weighted by molar-refractivity contribution is -0.0646. The first kappa shape index (κ1) is 17.8. The zero-order chi connectivity index (χ0) is 18.7. The number of aliphatic hydroxyl groups is 1. The maximum absolute atomic E-state index is 12.8. The first-order chi connectivity index (χ1) is 12.2. The van der Waals surface area contributed by atoms with Crippen LogP contribution in [-0.2, 0) is 16.9 Å². The van der Waals surface area contributed by atoms with Crippen molar-refractivity contribution in [3.8, 4) is 18.1 Å². The molecule has 140 valence electrons. The molecule has 0 bridgehead atoms. The minimum absolute atomic E-state index is 0.0212. The summed E-state index contributed by atoms with van der Waals surface area (Å²) >= 11 is 0. The number of hydrogen-bond acceptors (Lipinski definition) is 4. The van der Waals surface area contributed by atoms with Gasteiger partial charge in [-0.25, -0.2) is 0 Å². The van der Waals surface area contributed by atoms with Gasteiger partial charge in [0.05, 0.1) is 0 Å². The molecule has 1 N–H and O–H groups in total. The van der Waals surface area contributed by atoms with Gasteiger partial charge in [0.2, 0.25) is 0 Å². The molecule has 0 heterocycles. The van der Waals surface area contributed by atoms with Crippen LogP contribution in [0.3, 0.4) is 0 Å². The highest BCUT2D eigenvalue weighted by atomic mass is 32.3. The number of aryl methyl sites for hydroxylation is 1. The number of fused-ring (bicyclic) bond motifs is 5. The average molecular weight is 377 g/mol. The molecule has 0 aromatic heterocycles. The van der Waals surface area contributed by atoms with Gasteiger partial charge < -0.3 is 9.29 Å². The average Bonchev–Trinajstić information content (AvgIpc) is 2.85.